The number of carbonyl (C=O) groups is 3. The quantitative estimate of drug-likeness (QED) is 0.587. The third-order valence-electron chi connectivity index (χ3n) is 5.61. The van der Waals surface area contributed by atoms with Gasteiger partial charge in [-0.25, -0.2) is 4.98 Å². The van der Waals surface area contributed by atoms with E-state index in [4.69, 9.17) is 4.74 Å². The summed E-state index contributed by atoms with van der Waals surface area (Å²) in [5.74, 6) is -0.332. The molecule has 0 radical (unpaired) electrons. The lowest BCUT2D eigenvalue weighted by atomic mass is 9.95. The van der Waals surface area contributed by atoms with Crippen molar-refractivity contribution in [2.45, 2.75) is 59.2 Å². The van der Waals surface area contributed by atoms with Crippen LogP contribution in [0.4, 0.5) is 5.82 Å². The molecule has 1 aromatic heterocycles. The molecule has 0 saturated carbocycles. The topological polar surface area (TPSA) is 106 Å². The van der Waals surface area contributed by atoms with Crippen molar-refractivity contribution in [3.8, 4) is 0 Å². The van der Waals surface area contributed by atoms with Gasteiger partial charge in [-0.1, -0.05) is 51.1 Å². The predicted octanol–water partition coefficient (Wildman–Crippen LogP) is 2.58. The van der Waals surface area contributed by atoms with Crippen LogP contribution in [0, 0.1) is 5.41 Å². The van der Waals surface area contributed by atoms with Crippen molar-refractivity contribution < 1.29 is 19.1 Å². The average molecular weight is 470 g/mol. The number of hydrogen-bond acceptors (Lipinski definition) is 5. The Bertz CT molecular complexity index is 961. The maximum Gasteiger partial charge on any atom is 0.250 e. The van der Waals surface area contributed by atoms with Gasteiger partial charge in [-0.15, -0.1) is 0 Å². The number of likely N-dealkylation sites (tertiary alicyclic amines) is 1. The summed E-state index contributed by atoms with van der Waals surface area (Å²) in [5.41, 5.74) is 0.315. The van der Waals surface area contributed by atoms with Gasteiger partial charge in [-0.2, -0.15) is 0 Å². The van der Waals surface area contributed by atoms with Gasteiger partial charge in [0.05, 0.1) is 19.5 Å². The fourth-order valence-electron chi connectivity index (χ4n) is 3.55. The molecule has 0 spiro atoms. The molecule has 1 aromatic carbocycles. The molecule has 3 amide bonds. The molecule has 0 unspecified atom stereocenters. The zero-order valence-corrected chi connectivity index (χ0v) is 20.3. The minimum Gasteiger partial charge on any atom is -0.374 e. The van der Waals surface area contributed by atoms with Gasteiger partial charge in [0, 0.05) is 24.7 Å². The molecule has 2 aromatic rings. The highest BCUT2D eigenvalue weighted by molar-refractivity contribution is 5.97. The Morgan fingerprint density at radius 3 is 2.47 bits per heavy atom. The summed E-state index contributed by atoms with van der Waals surface area (Å²) in [4.78, 5) is 44.0. The Labute approximate surface area is 200 Å². The van der Waals surface area contributed by atoms with Crippen LogP contribution in [-0.4, -0.2) is 57.9 Å². The van der Waals surface area contributed by atoms with Gasteiger partial charge in [0.2, 0.25) is 11.8 Å². The van der Waals surface area contributed by atoms with E-state index >= 15 is 0 Å². The largest absolute Gasteiger partial charge is 0.374 e. The lowest BCUT2D eigenvalue weighted by Gasteiger charge is -2.26. The van der Waals surface area contributed by atoms with E-state index in [1.165, 1.54) is 6.33 Å². The molecule has 184 valence electrons. The zero-order chi connectivity index (χ0) is 24.6. The van der Waals surface area contributed by atoms with E-state index in [1.807, 2.05) is 35.2 Å². The van der Waals surface area contributed by atoms with Crippen LogP contribution in [0.25, 0.3) is 0 Å². The number of piperidine rings is 1. The molecule has 0 aliphatic carbocycles. The zero-order valence-electron chi connectivity index (χ0n) is 20.3. The van der Waals surface area contributed by atoms with Gasteiger partial charge in [0.15, 0.2) is 5.82 Å². The summed E-state index contributed by atoms with van der Waals surface area (Å²) in [7, 11) is 0. The van der Waals surface area contributed by atoms with Gasteiger partial charge < -0.3 is 24.8 Å². The smallest absolute Gasteiger partial charge is 0.250 e. The number of nitrogens with one attached hydrogen (secondary N) is 2. The third-order valence-corrected chi connectivity index (χ3v) is 5.61. The molecule has 34 heavy (non-hydrogen) atoms. The molecule has 2 heterocycles. The average Bonchev–Trinajstić information content (AvgIpc) is 3.25. The second-order valence-electron chi connectivity index (χ2n) is 9.64. The molecule has 1 aliphatic rings. The molecule has 1 aliphatic heterocycles. The number of aromatic nitrogens is 2. The number of hydrogen-bond donors (Lipinski definition) is 2. The highest BCUT2D eigenvalue weighted by atomic mass is 16.5. The Morgan fingerprint density at radius 1 is 1.09 bits per heavy atom. The van der Waals surface area contributed by atoms with Crippen LogP contribution in [0.1, 0.15) is 45.6 Å². The van der Waals surface area contributed by atoms with Gasteiger partial charge in [-0.05, 0) is 24.8 Å². The van der Waals surface area contributed by atoms with Crippen LogP contribution >= 0.6 is 0 Å². The Morgan fingerprint density at radius 2 is 1.79 bits per heavy atom. The van der Waals surface area contributed by atoms with Gasteiger partial charge >= 0.3 is 0 Å². The van der Waals surface area contributed by atoms with E-state index in [1.54, 1.807) is 31.5 Å². The van der Waals surface area contributed by atoms with E-state index in [0.29, 0.717) is 12.4 Å². The number of ether oxygens (including phenoxy) is 1. The van der Waals surface area contributed by atoms with E-state index in [9.17, 15) is 14.4 Å². The van der Waals surface area contributed by atoms with E-state index in [2.05, 4.69) is 15.6 Å². The number of imidazole rings is 1. The number of benzene rings is 1. The maximum absolute atomic E-state index is 13.0. The summed E-state index contributed by atoms with van der Waals surface area (Å²) in [6.45, 7) is 7.42. The van der Waals surface area contributed by atoms with E-state index < -0.39 is 17.4 Å². The number of rotatable bonds is 9. The van der Waals surface area contributed by atoms with E-state index in [-0.39, 0.29) is 25.0 Å². The van der Waals surface area contributed by atoms with Crippen LogP contribution in [0.5, 0.6) is 0 Å². The molecule has 9 nitrogen and oxygen atoms in total. The first-order chi connectivity index (χ1) is 16.2. The number of carbonyl (C=O) groups excluding carboxylic acids is 3. The maximum atomic E-state index is 13.0. The molecular weight excluding hydrogens is 434 g/mol. The number of anilines is 1. The molecule has 1 atom stereocenters. The first kappa shape index (κ1) is 25.4. The van der Waals surface area contributed by atoms with Crippen molar-refractivity contribution in [3.05, 3.63) is 48.4 Å². The standard InChI is InChI=1S/C25H35N5O4/c1-25(2,3)24(33)27-20(17-34-16-19-10-6-4-7-11-19)23(32)28-21-14-29(18-26-21)15-22(31)30-12-8-5-9-13-30/h4,6-7,10-11,14,18,20H,5,8-9,12-13,15-17H2,1-3H3,(H,27,33)(H,28,32)/t20-/m1/s1. The van der Waals surface area contributed by atoms with Crippen LogP contribution < -0.4 is 10.6 Å². The van der Waals surface area contributed by atoms with Gasteiger partial charge in [0.1, 0.15) is 12.6 Å². The second kappa shape index (κ2) is 11.8. The van der Waals surface area contributed by atoms with Crippen LogP contribution in [0.15, 0.2) is 42.9 Å². The van der Waals surface area contributed by atoms with Gasteiger partial charge in [0.25, 0.3) is 5.91 Å². The molecular formula is C25H35N5O4. The van der Waals surface area contributed by atoms with E-state index in [0.717, 1.165) is 37.9 Å². The van der Waals surface area contributed by atoms with Crippen LogP contribution in [-0.2, 0) is 32.3 Å². The molecule has 9 heteroatoms. The summed E-state index contributed by atoms with van der Waals surface area (Å²) in [6, 6.07) is 8.72. The fourth-order valence-corrected chi connectivity index (χ4v) is 3.55. The van der Waals surface area contributed by atoms with Crippen molar-refractivity contribution in [2.24, 2.45) is 5.41 Å². The third kappa shape index (κ3) is 7.69. The monoisotopic (exact) mass is 469 g/mol. The highest BCUT2D eigenvalue weighted by Gasteiger charge is 2.28. The lowest BCUT2D eigenvalue weighted by molar-refractivity contribution is -0.133. The normalized spacial score (nSPS) is 15.0. The molecule has 2 N–H and O–H groups in total. The minimum absolute atomic E-state index is 0.0106. The molecule has 1 saturated heterocycles. The van der Waals surface area contributed by atoms with Crippen LogP contribution in [0.2, 0.25) is 0 Å². The van der Waals surface area contributed by atoms with Crippen molar-refractivity contribution in [3.63, 3.8) is 0 Å². The predicted molar refractivity (Wildman–Crippen MR) is 129 cm³/mol. The second-order valence-corrected chi connectivity index (χ2v) is 9.64. The fraction of sp³-hybridized carbons (Fsp3) is 0.520. The highest BCUT2D eigenvalue weighted by Crippen LogP contribution is 2.14. The summed E-state index contributed by atoms with van der Waals surface area (Å²) >= 11 is 0. The first-order valence-corrected chi connectivity index (χ1v) is 11.8. The van der Waals surface area contributed by atoms with Gasteiger partial charge in [-0.3, -0.25) is 14.4 Å². The first-order valence-electron chi connectivity index (χ1n) is 11.8. The Balaban J connectivity index is 1.58. The van der Waals surface area contributed by atoms with Crippen molar-refractivity contribution >= 4 is 23.5 Å². The number of amides is 3. The van der Waals surface area contributed by atoms with Crippen LogP contribution in [0.3, 0.4) is 0 Å². The van der Waals surface area contributed by atoms with Crippen molar-refractivity contribution in [2.75, 3.05) is 25.0 Å². The Kier molecular flexibility index (Phi) is 8.81. The minimum atomic E-state index is -0.893. The Hall–Kier alpha value is -3.20. The summed E-state index contributed by atoms with van der Waals surface area (Å²) in [5, 5.41) is 5.50. The molecule has 3 rings (SSSR count). The summed E-state index contributed by atoms with van der Waals surface area (Å²) in [6.07, 6.45) is 6.36. The van der Waals surface area contributed by atoms with Crippen molar-refractivity contribution in [1.29, 1.82) is 0 Å². The molecule has 0 bridgehead atoms. The number of nitrogens with zero attached hydrogens (tertiary/aromatic N) is 3. The lowest BCUT2D eigenvalue weighted by Crippen LogP contribution is -2.50. The van der Waals surface area contributed by atoms with Crippen molar-refractivity contribution in [1.82, 2.24) is 19.8 Å². The molecule has 1 fully saturated rings. The SMILES string of the molecule is CC(C)(C)C(=O)N[C@H](COCc1ccccc1)C(=O)Nc1cn(CC(=O)N2CCCCC2)cn1. The summed E-state index contributed by atoms with van der Waals surface area (Å²) < 4.78 is 7.38.